The standard InChI is InChI=1S/C20H23ClN2O3S/c1-15-4-2-6-19(12-15)22-20(24)17-5-3-11-23(13-17)27(25,26)14-16-7-9-18(21)10-8-16/h2,4,6-10,12,17H,3,5,11,13-14H2,1H3,(H,22,24)/t17-/m1/s1. The molecule has 0 radical (unpaired) electrons. The van der Waals surface area contributed by atoms with Crippen LogP contribution in [0.1, 0.15) is 24.0 Å². The van der Waals surface area contributed by atoms with E-state index >= 15 is 0 Å². The number of benzene rings is 2. The number of rotatable bonds is 5. The number of hydrogen-bond donors (Lipinski definition) is 1. The Morgan fingerprint density at radius 1 is 1.22 bits per heavy atom. The molecule has 0 bridgehead atoms. The Morgan fingerprint density at radius 2 is 1.96 bits per heavy atom. The van der Waals surface area contributed by atoms with Crippen molar-refractivity contribution in [3.63, 3.8) is 0 Å². The molecule has 0 spiro atoms. The molecule has 1 aliphatic heterocycles. The van der Waals surface area contributed by atoms with Gasteiger partial charge in [0, 0.05) is 23.8 Å². The maximum atomic E-state index is 12.8. The molecular weight excluding hydrogens is 384 g/mol. The fraction of sp³-hybridized carbons (Fsp3) is 0.350. The molecule has 1 heterocycles. The number of hydrogen-bond acceptors (Lipinski definition) is 3. The first-order valence-corrected chi connectivity index (χ1v) is 10.9. The summed E-state index contributed by atoms with van der Waals surface area (Å²) < 4.78 is 27.0. The zero-order valence-electron chi connectivity index (χ0n) is 15.2. The van der Waals surface area contributed by atoms with Crippen molar-refractivity contribution in [2.45, 2.75) is 25.5 Å². The number of carbonyl (C=O) groups excluding carboxylic acids is 1. The van der Waals surface area contributed by atoms with Crippen LogP contribution in [0.25, 0.3) is 0 Å². The smallest absolute Gasteiger partial charge is 0.228 e. The van der Waals surface area contributed by atoms with Gasteiger partial charge < -0.3 is 5.32 Å². The summed E-state index contributed by atoms with van der Waals surface area (Å²) in [6.07, 6.45) is 1.36. The van der Waals surface area contributed by atoms with Crippen LogP contribution in [0.5, 0.6) is 0 Å². The molecule has 1 N–H and O–H groups in total. The SMILES string of the molecule is Cc1cccc(NC(=O)[C@@H]2CCCN(S(=O)(=O)Cc3ccc(Cl)cc3)C2)c1. The Labute approximate surface area is 165 Å². The van der Waals surface area contributed by atoms with Gasteiger partial charge in [-0.05, 0) is 55.2 Å². The molecule has 0 aliphatic carbocycles. The Hall–Kier alpha value is -1.89. The van der Waals surface area contributed by atoms with Crippen LogP contribution in [-0.2, 0) is 20.6 Å². The van der Waals surface area contributed by atoms with Gasteiger partial charge in [-0.3, -0.25) is 4.79 Å². The van der Waals surface area contributed by atoms with Gasteiger partial charge in [-0.25, -0.2) is 12.7 Å². The lowest BCUT2D eigenvalue weighted by atomic mass is 9.98. The second-order valence-corrected chi connectivity index (χ2v) is 9.34. The Morgan fingerprint density at radius 3 is 2.67 bits per heavy atom. The van der Waals surface area contributed by atoms with Gasteiger partial charge in [-0.2, -0.15) is 0 Å². The van der Waals surface area contributed by atoms with E-state index in [9.17, 15) is 13.2 Å². The van der Waals surface area contributed by atoms with Crippen LogP contribution in [0.3, 0.4) is 0 Å². The summed E-state index contributed by atoms with van der Waals surface area (Å²) in [6.45, 7) is 2.62. The summed E-state index contributed by atoms with van der Waals surface area (Å²) in [5.74, 6) is -0.567. The van der Waals surface area contributed by atoms with E-state index in [1.54, 1.807) is 24.3 Å². The number of nitrogens with zero attached hydrogens (tertiary/aromatic N) is 1. The van der Waals surface area contributed by atoms with E-state index in [2.05, 4.69) is 5.32 Å². The van der Waals surface area contributed by atoms with Crippen molar-refractivity contribution >= 4 is 33.2 Å². The first-order valence-electron chi connectivity index (χ1n) is 8.93. The molecule has 1 atom stereocenters. The van der Waals surface area contributed by atoms with E-state index in [0.717, 1.165) is 11.3 Å². The molecule has 0 saturated carbocycles. The third-order valence-corrected chi connectivity index (χ3v) is 6.76. The minimum atomic E-state index is -3.48. The summed E-state index contributed by atoms with van der Waals surface area (Å²) in [7, 11) is -3.48. The molecule has 0 unspecified atom stereocenters. The molecule has 27 heavy (non-hydrogen) atoms. The van der Waals surface area contributed by atoms with Crippen molar-refractivity contribution in [2.75, 3.05) is 18.4 Å². The van der Waals surface area contributed by atoms with Gasteiger partial charge in [0.25, 0.3) is 0 Å². The van der Waals surface area contributed by atoms with Crippen LogP contribution in [0.15, 0.2) is 48.5 Å². The fourth-order valence-electron chi connectivity index (χ4n) is 3.26. The molecule has 3 rings (SSSR count). The minimum absolute atomic E-state index is 0.0869. The first kappa shape index (κ1) is 19.9. The van der Waals surface area contributed by atoms with Crippen LogP contribution in [0, 0.1) is 12.8 Å². The highest BCUT2D eigenvalue weighted by molar-refractivity contribution is 7.88. The zero-order valence-corrected chi connectivity index (χ0v) is 16.8. The summed E-state index contributed by atoms with van der Waals surface area (Å²) in [4.78, 5) is 12.6. The van der Waals surface area contributed by atoms with E-state index in [-0.39, 0.29) is 24.1 Å². The number of nitrogens with one attached hydrogen (secondary N) is 1. The lowest BCUT2D eigenvalue weighted by molar-refractivity contribution is -0.120. The van der Waals surface area contributed by atoms with Gasteiger partial charge in [-0.1, -0.05) is 35.9 Å². The van der Waals surface area contributed by atoms with Crippen molar-refractivity contribution in [2.24, 2.45) is 5.92 Å². The second-order valence-electron chi connectivity index (χ2n) is 6.94. The Kier molecular flexibility index (Phi) is 6.19. The predicted molar refractivity (Wildman–Crippen MR) is 108 cm³/mol. The molecule has 144 valence electrons. The Balaban J connectivity index is 1.65. The van der Waals surface area contributed by atoms with Crippen LogP contribution in [0.2, 0.25) is 5.02 Å². The summed E-state index contributed by atoms with van der Waals surface area (Å²) in [6, 6.07) is 14.4. The second kappa shape index (κ2) is 8.42. The van der Waals surface area contributed by atoms with E-state index in [0.29, 0.717) is 30.0 Å². The summed E-state index contributed by atoms with van der Waals surface area (Å²) >= 11 is 5.86. The van der Waals surface area contributed by atoms with E-state index in [1.165, 1.54) is 4.31 Å². The molecule has 1 amide bonds. The molecular formula is C20H23ClN2O3S. The number of amides is 1. The fourth-order valence-corrected chi connectivity index (χ4v) is 5.00. The number of anilines is 1. The Bertz CT molecular complexity index is 913. The quantitative estimate of drug-likeness (QED) is 0.820. The van der Waals surface area contributed by atoms with Crippen LogP contribution in [-0.4, -0.2) is 31.7 Å². The molecule has 2 aromatic rings. The summed E-state index contributed by atoms with van der Waals surface area (Å²) in [5, 5.41) is 3.48. The van der Waals surface area contributed by atoms with E-state index in [1.807, 2.05) is 31.2 Å². The number of halogens is 1. The van der Waals surface area contributed by atoms with Gasteiger partial charge in [0.05, 0.1) is 11.7 Å². The minimum Gasteiger partial charge on any atom is -0.326 e. The number of carbonyl (C=O) groups is 1. The molecule has 2 aromatic carbocycles. The first-order chi connectivity index (χ1) is 12.8. The largest absolute Gasteiger partial charge is 0.326 e. The number of piperidine rings is 1. The summed E-state index contributed by atoms with van der Waals surface area (Å²) in [5.41, 5.74) is 2.48. The van der Waals surface area contributed by atoms with Gasteiger partial charge in [0.2, 0.25) is 15.9 Å². The van der Waals surface area contributed by atoms with Crippen molar-refractivity contribution in [1.29, 1.82) is 0 Å². The normalized spacial score (nSPS) is 18.2. The van der Waals surface area contributed by atoms with E-state index in [4.69, 9.17) is 11.6 Å². The molecule has 1 aliphatic rings. The third kappa shape index (κ3) is 5.31. The lowest BCUT2D eigenvalue weighted by Crippen LogP contribution is -2.44. The average Bonchev–Trinajstić information content (AvgIpc) is 2.63. The third-order valence-electron chi connectivity index (χ3n) is 4.70. The molecule has 0 aromatic heterocycles. The maximum absolute atomic E-state index is 12.8. The van der Waals surface area contributed by atoms with Gasteiger partial charge in [0.1, 0.15) is 0 Å². The van der Waals surface area contributed by atoms with Crippen molar-refractivity contribution in [3.05, 3.63) is 64.7 Å². The molecule has 1 fully saturated rings. The lowest BCUT2D eigenvalue weighted by Gasteiger charge is -2.31. The van der Waals surface area contributed by atoms with Gasteiger partial charge in [0.15, 0.2) is 0 Å². The van der Waals surface area contributed by atoms with Gasteiger partial charge in [-0.15, -0.1) is 0 Å². The highest BCUT2D eigenvalue weighted by Gasteiger charge is 2.32. The van der Waals surface area contributed by atoms with Gasteiger partial charge >= 0.3 is 0 Å². The van der Waals surface area contributed by atoms with Crippen LogP contribution < -0.4 is 5.32 Å². The zero-order chi connectivity index (χ0) is 19.4. The van der Waals surface area contributed by atoms with Crippen molar-refractivity contribution in [3.8, 4) is 0 Å². The average molecular weight is 407 g/mol. The van der Waals surface area contributed by atoms with E-state index < -0.39 is 10.0 Å². The highest BCUT2D eigenvalue weighted by Crippen LogP contribution is 2.23. The monoisotopic (exact) mass is 406 g/mol. The van der Waals surface area contributed by atoms with Crippen molar-refractivity contribution < 1.29 is 13.2 Å². The van der Waals surface area contributed by atoms with Crippen molar-refractivity contribution in [1.82, 2.24) is 4.31 Å². The molecule has 7 heteroatoms. The highest BCUT2D eigenvalue weighted by atomic mass is 35.5. The van der Waals surface area contributed by atoms with Crippen LogP contribution in [0.4, 0.5) is 5.69 Å². The van der Waals surface area contributed by atoms with Crippen LogP contribution >= 0.6 is 11.6 Å². The molecule has 5 nitrogen and oxygen atoms in total. The molecule has 1 saturated heterocycles. The maximum Gasteiger partial charge on any atom is 0.228 e. The predicted octanol–water partition coefficient (Wildman–Crippen LogP) is 3.83. The topological polar surface area (TPSA) is 66.5 Å². The number of sulfonamides is 1. The number of aryl methyl sites for hydroxylation is 1.